The number of hydrogen-bond acceptors (Lipinski definition) is 2. The van der Waals surface area contributed by atoms with Gasteiger partial charge in [-0.05, 0) is 27.7 Å². The number of rotatable bonds is 2. The molecule has 1 fully saturated rings. The van der Waals surface area contributed by atoms with Gasteiger partial charge in [0.1, 0.15) is 0 Å². The molecule has 0 aromatic rings. The van der Waals surface area contributed by atoms with E-state index < -0.39 is 6.30 Å². The van der Waals surface area contributed by atoms with E-state index in [2.05, 4.69) is 32.6 Å². The first kappa shape index (κ1) is 10.9. The van der Waals surface area contributed by atoms with Crippen molar-refractivity contribution in [3.05, 3.63) is 0 Å². The van der Waals surface area contributed by atoms with Crippen LogP contribution in [-0.4, -0.2) is 47.8 Å². The van der Waals surface area contributed by atoms with E-state index in [1.54, 1.807) is 0 Å². The SMILES string of the molecule is CC(C)N1CCN(C(C)C)C(F)C1. The van der Waals surface area contributed by atoms with Gasteiger partial charge >= 0.3 is 0 Å². The second kappa shape index (κ2) is 4.38. The van der Waals surface area contributed by atoms with Crippen molar-refractivity contribution in [2.24, 2.45) is 0 Å². The smallest absolute Gasteiger partial charge is 0.166 e. The van der Waals surface area contributed by atoms with Gasteiger partial charge in [-0.1, -0.05) is 0 Å². The monoisotopic (exact) mass is 188 g/mol. The third-order valence-corrected chi connectivity index (χ3v) is 2.78. The molecule has 1 heterocycles. The summed E-state index contributed by atoms with van der Waals surface area (Å²) < 4.78 is 13.6. The molecule has 1 aliphatic heterocycles. The highest BCUT2D eigenvalue weighted by Crippen LogP contribution is 2.15. The Morgan fingerprint density at radius 1 is 1.08 bits per heavy atom. The summed E-state index contributed by atoms with van der Waals surface area (Å²) in [5.41, 5.74) is 0. The van der Waals surface area contributed by atoms with Crippen LogP contribution in [0.2, 0.25) is 0 Å². The third-order valence-electron chi connectivity index (χ3n) is 2.78. The van der Waals surface area contributed by atoms with Crippen molar-refractivity contribution >= 4 is 0 Å². The van der Waals surface area contributed by atoms with Crippen LogP contribution >= 0.6 is 0 Å². The van der Waals surface area contributed by atoms with E-state index in [-0.39, 0.29) is 0 Å². The van der Waals surface area contributed by atoms with Crippen molar-refractivity contribution in [2.75, 3.05) is 19.6 Å². The van der Waals surface area contributed by atoms with Crippen LogP contribution < -0.4 is 0 Å². The maximum absolute atomic E-state index is 13.6. The second-order valence-electron chi connectivity index (χ2n) is 4.35. The molecule has 0 radical (unpaired) electrons. The van der Waals surface area contributed by atoms with Crippen molar-refractivity contribution in [1.82, 2.24) is 9.80 Å². The van der Waals surface area contributed by atoms with Crippen molar-refractivity contribution in [3.63, 3.8) is 0 Å². The molecule has 1 saturated heterocycles. The normalized spacial score (nSPS) is 27.5. The van der Waals surface area contributed by atoms with Crippen LogP contribution in [0.25, 0.3) is 0 Å². The predicted octanol–water partition coefficient (Wildman–Crippen LogP) is 1.72. The van der Waals surface area contributed by atoms with E-state index in [4.69, 9.17) is 0 Å². The Bertz CT molecular complexity index is 159. The minimum atomic E-state index is -0.781. The van der Waals surface area contributed by atoms with Crippen LogP contribution in [0.3, 0.4) is 0 Å². The van der Waals surface area contributed by atoms with E-state index in [1.807, 2.05) is 4.90 Å². The van der Waals surface area contributed by atoms with E-state index in [0.29, 0.717) is 18.6 Å². The van der Waals surface area contributed by atoms with E-state index in [1.165, 1.54) is 0 Å². The summed E-state index contributed by atoms with van der Waals surface area (Å²) in [6.45, 7) is 10.8. The molecule has 1 atom stereocenters. The molecule has 2 nitrogen and oxygen atoms in total. The zero-order chi connectivity index (χ0) is 10.0. The first-order valence-corrected chi connectivity index (χ1v) is 5.16. The van der Waals surface area contributed by atoms with E-state index in [9.17, 15) is 4.39 Å². The molecule has 1 unspecified atom stereocenters. The molecular weight excluding hydrogens is 167 g/mol. The zero-order valence-corrected chi connectivity index (χ0v) is 9.13. The molecule has 78 valence electrons. The number of halogens is 1. The van der Waals surface area contributed by atoms with Crippen molar-refractivity contribution in [3.8, 4) is 0 Å². The summed E-state index contributed by atoms with van der Waals surface area (Å²) in [5, 5.41) is 0. The highest BCUT2D eigenvalue weighted by atomic mass is 19.1. The average Bonchev–Trinajstić information content (AvgIpc) is 2.03. The lowest BCUT2D eigenvalue weighted by atomic mass is 10.2. The molecule has 1 rings (SSSR count). The molecule has 0 amide bonds. The molecule has 0 aromatic carbocycles. The lowest BCUT2D eigenvalue weighted by molar-refractivity contribution is -0.0286. The van der Waals surface area contributed by atoms with Gasteiger partial charge in [-0.25, -0.2) is 4.39 Å². The van der Waals surface area contributed by atoms with Gasteiger partial charge in [0.15, 0.2) is 6.30 Å². The highest BCUT2D eigenvalue weighted by molar-refractivity contribution is 4.79. The molecule has 3 heteroatoms. The fourth-order valence-corrected chi connectivity index (χ4v) is 1.82. The Hall–Kier alpha value is -0.150. The maximum atomic E-state index is 13.6. The molecular formula is C10H21FN2. The van der Waals surface area contributed by atoms with Gasteiger partial charge in [0.05, 0.1) is 0 Å². The summed E-state index contributed by atoms with van der Waals surface area (Å²) in [6, 6.07) is 0.789. The standard InChI is InChI=1S/C10H21FN2/c1-8(2)12-5-6-13(9(3)4)10(11)7-12/h8-10H,5-7H2,1-4H3. The molecule has 0 saturated carbocycles. The van der Waals surface area contributed by atoms with Gasteiger partial charge in [-0.2, -0.15) is 0 Å². The average molecular weight is 188 g/mol. The van der Waals surface area contributed by atoms with Gasteiger partial charge < -0.3 is 0 Å². The fraction of sp³-hybridized carbons (Fsp3) is 1.00. The predicted molar refractivity (Wildman–Crippen MR) is 53.4 cm³/mol. The fourth-order valence-electron chi connectivity index (χ4n) is 1.82. The Morgan fingerprint density at radius 3 is 2.08 bits per heavy atom. The maximum Gasteiger partial charge on any atom is 0.166 e. The summed E-state index contributed by atoms with van der Waals surface area (Å²) in [5.74, 6) is 0. The minimum Gasteiger partial charge on any atom is -0.295 e. The largest absolute Gasteiger partial charge is 0.295 e. The van der Waals surface area contributed by atoms with Gasteiger partial charge in [-0.15, -0.1) is 0 Å². The van der Waals surface area contributed by atoms with Gasteiger partial charge in [-0.3, -0.25) is 9.80 Å². The molecule has 13 heavy (non-hydrogen) atoms. The summed E-state index contributed by atoms with van der Waals surface area (Å²) in [7, 11) is 0. The minimum absolute atomic E-state index is 0.323. The third kappa shape index (κ3) is 2.64. The van der Waals surface area contributed by atoms with E-state index in [0.717, 1.165) is 13.1 Å². The quantitative estimate of drug-likeness (QED) is 0.609. The number of piperazine rings is 1. The van der Waals surface area contributed by atoms with Crippen molar-refractivity contribution < 1.29 is 4.39 Å². The molecule has 1 aliphatic rings. The second-order valence-corrected chi connectivity index (χ2v) is 4.35. The Labute approximate surface area is 80.7 Å². The lowest BCUT2D eigenvalue weighted by Gasteiger charge is -2.41. The molecule has 0 N–H and O–H groups in total. The molecule has 0 aromatic heterocycles. The number of alkyl halides is 1. The van der Waals surface area contributed by atoms with E-state index >= 15 is 0 Å². The van der Waals surface area contributed by atoms with Crippen LogP contribution in [0.4, 0.5) is 4.39 Å². The Balaban J connectivity index is 2.46. The van der Waals surface area contributed by atoms with Crippen LogP contribution in [-0.2, 0) is 0 Å². The van der Waals surface area contributed by atoms with Gasteiger partial charge in [0.2, 0.25) is 0 Å². The summed E-state index contributed by atoms with van der Waals surface area (Å²) >= 11 is 0. The lowest BCUT2D eigenvalue weighted by Crippen LogP contribution is -2.55. The van der Waals surface area contributed by atoms with Crippen LogP contribution in [0.15, 0.2) is 0 Å². The summed E-state index contributed by atoms with van der Waals surface area (Å²) in [6.07, 6.45) is -0.781. The van der Waals surface area contributed by atoms with Gasteiger partial charge in [0, 0.05) is 31.7 Å². The summed E-state index contributed by atoms with van der Waals surface area (Å²) in [4.78, 5) is 4.13. The van der Waals surface area contributed by atoms with Gasteiger partial charge in [0.25, 0.3) is 0 Å². The van der Waals surface area contributed by atoms with Crippen LogP contribution in [0.5, 0.6) is 0 Å². The van der Waals surface area contributed by atoms with Crippen LogP contribution in [0, 0.1) is 0 Å². The van der Waals surface area contributed by atoms with Crippen molar-refractivity contribution in [2.45, 2.75) is 46.1 Å². The molecule has 0 spiro atoms. The van der Waals surface area contributed by atoms with Crippen LogP contribution in [0.1, 0.15) is 27.7 Å². The first-order chi connectivity index (χ1) is 6.02. The highest BCUT2D eigenvalue weighted by Gasteiger charge is 2.29. The Morgan fingerprint density at radius 2 is 1.69 bits per heavy atom. The molecule has 0 aliphatic carbocycles. The number of nitrogens with zero attached hydrogens (tertiary/aromatic N) is 2. The zero-order valence-electron chi connectivity index (χ0n) is 9.13. The van der Waals surface area contributed by atoms with Crippen molar-refractivity contribution in [1.29, 1.82) is 0 Å². The Kier molecular flexibility index (Phi) is 3.68. The first-order valence-electron chi connectivity index (χ1n) is 5.16. The number of hydrogen-bond donors (Lipinski definition) is 0. The topological polar surface area (TPSA) is 6.48 Å². The molecule has 0 bridgehead atoms.